The van der Waals surface area contributed by atoms with Crippen LogP contribution in [-0.2, 0) is 0 Å². The Bertz CT molecular complexity index is 785. The number of hydrogen-bond acceptors (Lipinski definition) is 2. The second-order valence-corrected chi connectivity index (χ2v) is 5.07. The molecule has 0 heterocycles. The quantitative estimate of drug-likeness (QED) is 0.718. The molecule has 3 aromatic carbocycles. The summed E-state index contributed by atoms with van der Waals surface area (Å²) in [6, 6.07) is 17.6. The number of anilines is 1. The number of benzene rings is 3. The molecule has 0 spiro atoms. The fraction of sp³-hybridized carbons (Fsp3) is 0.111. The molecule has 0 amide bonds. The molecule has 3 rings (SSSR count). The SMILES string of the molecule is CC(Nc1cccc2c(O)cccc12)c1ccccc1F. The zero-order valence-electron chi connectivity index (χ0n) is 11.7. The largest absolute Gasteiger partial charge is 0.507 e. The lowest BCUT2D eigenvalue weighted by Crippen LogP contribution is -2.08. The van der Waals surface area contributed by atoms with Gasteiger partial charge in [0.25, 0.3) is 0 Å². The predicted molar refractivity (Wildman–Crippen MR) is 84.1 cm³/mol. The molecule has 0 radical (unpaired) electrons. The van der Waals surface area contributed by atoms with E-state index in [1.54, 1.807) is 24.3 Å². The summed E-state index contributed by atoms with van der Waals surface area (Å²) in [5, 5.41) is 14.9. The minimum absolute atomic E-state index is 0.167. The van der Waals surface area contributed by atoms with Crippen molar-refractivity contribution in [2.24, 2.45) is 0 Å². The van der Waals surface area contributed by atoms with Crippen LogP contribution < -0.4 is 5.32 Å². The molecular weight excluding hydrogens is 265 g/mol. The third kappa shape index (κ3) is 2.55. The topological polar surface area (TPSA) is 32.3 Å². The van der Waals surface area contributed by atoms with Gasteiger partial charge in [-0.25, -0.2) is 4.39 Å². The van der Waals surface area contributed by atoms with Crippen LogP contribution in [0.15, 0.2) is 60.7 Å². The molecule has 0 aliphatic heterocycles. The molecular formula is C18H16FNO. The molecule has 1 atom stereocenters. The standard InChI is InChI=1S/C18H16FNO/c1-12(13-6-2-3-9-16(13)19)20-17-10-4-8-15-14(17)7-5-11-18(15)21/h2-12,20-21H,1H3. The summed E-state index contributed by atoms with van der Waals surface area (Å²) in [5.41, 5.74) is 1.49. The van der Waals surface area contributed by atoms with Crippen molar-refractivity contribution in [2.75, 3.05) is 5.32 Å². The Balaban J connectivity index is 1.99. The monoisotopic (exact) mass is 281 g/mol. The average Bonchev–Trinajstić information content (AvgIpc) is 2.49. The Kier molecular flexibility index (Phi) is 3.48. The number of phenolic OH excluding ortho intramolecular Hbond substituents is 1. The molecule has 106 valence electrons. The van der Waals surface area contributed by atoms with Crippen LogP contribution in [0.2, 0.25) is 0 Å². The van der Waals surface area contributed by atoms with Crippen LogP contribution >= 0.6 is 0 Å². The van der Waals surface area contributed by atoms with Crippen molar-refractivity contribution >= 4 is 16.5 Å². The molecule has 0 fully saturated rings. The predicted octanol–water partition coefficient (Wildman–Crippen LogP) is 4.86. The maximum Gasteiger partial charge on any atom is 0.128 e. The van der Waals surface area contributed by atoms with E-state index in [2.05, 4.69) is 5.32 Å². The van der Waals surface area contributed by atoms with Gasteiger partial charge in [-0.05, 0) is 25.1 Å². The van der Waals surface area contributed by atoms with Crippen molar-refractivity contribution in [3.05, 3.63) is 72.0 Å². The van der Waals surface area contributed by atoms with E-state index in [0.717, 1.165) is 16.5 Å². The van der Waals surface area contributed by atoms with Gasteiger partial charge in [0.15, 0.2) is 0 Å². The van der Waals surface area contributed by atoms with Gasteiger partial charge in [0.1, 0.15) is 11.6 Å². The van der Waals surface area contributed by atoms with Crippen molar-refractivity contribution in [2.45, 2.75) is 13.0 Å². The number of aromatic hydroxyl groups is 1. The first-order valence-corrected chi connectivity index (χ1v) is 6.88. The highest BCUT2D eigenvalue weighted by atomic mass is 19.1. The fourth-order valence-corrected chi connectivity index (χ4v) is 2.56. The van der Waals surface area contributed by atoms with Gasteiger partial charge in [-0.1, -0.05) is 42.5 Å². The molecule has 0 aromatic heterocycles. The molecule has 0 saturated heterocycles. The Morgan fingerprint density at radius 1 is 0.905 bits per heavy atom. The normalized spacial score (nSPS) is 12.3. The number of phenols is 1. The smallest absolute Gasteiger partial charge is 0.128 e. The van der Waals surface area contributed by atoms with Crippen molar-refractivity contribution in [3.8, 4) is 5.75 Å². The highest BCUT2D eigenvalue weighted by Gasteiger charge is 2.11. The minimum atomic E-state index is -0.222. The zero-order chi connectivity index (χ0) is 14.8. The lowest BCUT2D eigenvalue weighted by Gasteiger charge is -2.18. The Morgan fingerprint density at radius 2 is 1.62 bits per heavy atom. The van der Waals surface area contributed by atoms with Gasteiger partial charge in [-0.2, -0.15) is 0 Å². The van der Waals surface area contributed by atoms with E-state index < -0.39 is 0 Å². The summed E-state index contributed by atoms with van der Waals surface area (Å²) < 4.78 is 13.8. The van der Waals surface area contributed by atoms with Crippen molar-refractivity contribution in [1.82, 2.24) is 0 Å². The summed E-state index contributed by atoms with van der Waals surface area (Å²) in [6.45, 7) is 1.92. The first-order valence-electron chi connectivity index (χ1n) is 6.88. The Hall–Kier alpha value is -2.55. The van der Waals surface area contributed by atoms with E-state index in [-0.39, 0.29) is 17.6 Å². The van der Waals surface area contributed by atoms with Gasteiger partial charge in [-0.3, -0.25) is 0 Å². The number of rotatable bonds is 3. The molecule has 3 aromatic rings. The maximum absolute atomic E-state index is 13.8. The molecule has 1 unspecified atom stereocenters. The number of halogens is 1. The van der Waals surface area contributed by atoms with Crippen molar-refractivity contribution in [3.63, 3.8) is 0 Å². The van der Waals surface area contributed by atoms with E-state index >= 15 is 0 Å². The molecule has 0 aliphatic rings. The van der Waals surface area contributed by atoms with Crippen LogP contribution in [0.3, 0.4) is 0 Å². The third-order valence-corrected chi connectivity index (χ3v) is 3.64. The summed E-state index contributed by atoms with van der Waals surface area (Å²) in [5.74, 6) is 0.0234. The number of fused-ring (bicyclic) bond motifs is 1. The highest BCUT2D eigenvalue weighted by molar-refractivity contribution is 5.97. The van der Waals surface area contributed by atoms with Crippen LogP contribution in [0.25, 0.3) is 10.8 Å². The van der Waals surface area contributed by atoms with Gasteiger partial charge in [0.2, 0.25) is 0 Å². The van der Waals surface area contributed by atoms with Crippen LogP contribution in [0.4, 0.5) is 10.1 Å². The summed E-state index contributed by atoms with van der Waals surface area (Å²) in [7, 11) is 0. The van der Waals surface area contributed by atoms with Crippen LogP contribution in [0.1, 0.15) is 18.5 Å². The molecule has 2 nitrogen and oxygen atoms in total. The van der Waals surface area contributed by atoms with E-state index in [4.69, 9.17) is 0 Å². The second-order valence-electron chi connectivity index (χ2n) is 5.07. The molecule has 3 heteroatoms. The van der Waals surface area contributed by atoms with Crippen molar-refractivity contribution in [1.29, 1.82) is 0 Å². The van der Waals surface area contributed by atoms with E-state index in [9.17, 15) is 9.50 Å². The maximum atomic E-state index is 13.8. The molecule has 21 heavy (non-hydrogen) atoms. The summed E-state index contributed by atoms with van der Waals surface area (Å²) in [4.78, 5) is 0. The first kappa shape index (κ1) is 13.4. The highest BCUT2D eigenvalue weighted by Crippen LogP contribution is 2.32. The van der Waals surface area contributed by atoms with Gasteiger partial charge in [-0.15, -0.1) is 0 Å². The number of hydrogen-bond donors (Lipinski definition) is 2. The van der Waals surface area contributed by atoms with E-state index in [1.807, 2.05) is 37.3 Å². The summed E-state index contributed by atoms with van der Waals surface area (Å²) >= 11 is 0. The van der Waals surface area contributed by atoms with Gasteiger partial charge >= 0.3 is 0 Å². The lowest BCUT2D eigenvalue weighted by atomic mass is 10.0. The van der Waals surface area contributed by atoms with Gasteiger partial charge < -0.3 is 10.4 Å². The van der Waals surface area contributed by atoms with E-state index in [0.29, 0.717) is 5.56 Å². The van der Waals surface area contributed by atoms with Crippen molar-refractivity contribution < 1.29 is 9.50 Å². The third-order valence-electron chi connectivity index (χ3n) is 3.64. The Labute approximate surface area is 122 Å². The van der Waals surface area contributed by atoms with Crippen LogP contribution in [0.5, 0.6) is 5.75 Å². The Morgan fingerprint density at radius 3 is 2.43 bits per heavy atom. The molecule has 0 bridgehead atoms. The average molecular weight is 281 g/mol. The zero-order valence-corrected chi connectivity index (χ0v) is 11.7. The van der Waals surface area contributed by atoms with Crippen LogP contribution in [-0.4, -0.2) is 5.11 Å². The van der Waals surface area contributed by atoms with Gasteiger partial charge in [0.05, 0.1) is 6.04 Å². The fourth-order valence-electron chi connectivity index (χ4n) is 2.56. The van der Waals surface area contributed by atoms with E-state index in [1.165, 1.54) is 6.07 Å². The minimum Gasteiger partial charge on any atom is -0.507 e. The lowest BCUT2D eigenvalue weighted by molar-refractivity contribution is 0.481. The van der Waals surface area contributed by atoms with Crippen LogP contribution in [0, 0.1) is 5.82 Å². The second kappa shape index (κ2) is 5.44. The number of nitrogens with one attached hydrogen (secondary N) is 1. The summed E-state index contributed by atoms with van der Waals surface area (Å²) in [6.07, 6.45) is 0. The van der Waals surface area contributed by atoms with Gasteiger partial charge in [0, 0.05) is 22.0 Å². The molecule has 0 saturated carbocycles. The molecule has 0 aliphatic carbocycles. The molecule has 2 N–H and O–H groups in total. The first-order chi connectivity index (χ1) is 10.2.